The van der Waals surface area contributed by atoms with Gasteiger partial charge in [-0.2, -0.15) is 0 Å². The summed E-state index contributed by atoms with van der Waals surface area (Å²) >= 11 is 0. The molecule has 2 atom stereocenters. The molecule has 0 radical (unpaired) electrons. The summed E-state index contributed by atoms with van der Waals surface area (Å²) in [5, 5.41) is 0. The van der Waals surface area contributed by atoms with Gasteiger partial charge in [-0.15, -0.1) is 0 Å². The van der Waals surface area contributed by atoms with E-state index in [1.165, 1.54) is 20.3 Å². The molecule has 8 heteroatoms. The molecular formula is C24H21FO7. The number of halogens is 1. The number of ether oxygens (including phenoxy) is 4. The number of hydrogen-bond acceptors (Lipinski definition) is 7. The number of carbonyl (C=O) groups is 1. The minimum absolute atomic E-state index is 0.0914. The third-order valence-corrected chi connectivity index (χ3v) is 5.27. The highest BCUT2D eigenvalue weighted by molar-refractivity contribution is 5.79. The lowest BCUT2D eigenvalue weighted by atomic mass is 9.88. The molecule has 0 aliphatic carbocycles. The van der Waals surface area contributed by atoms with Crippen LogP contribution in [0, 0.1) is 12.7 Å². The Balaban J connectivity index is 1.84. The zero-order chi connectivity index (χ0) is 22.8. The van der Waals surface area contributed by atoms with Gasteiger partial charge < -0.3 is 23.4 Å². The van der Waals surface area contributed by atoms with E-state index in [1.807, 2.05) is 0 Å². The van der Waals surface area contributed by atoms with E-state index in [4.69, 9.17) is 23.4 Å². The van der Waals surface area contributed by atoms with E-state index in [0.717, 1.165) is 0 Å². The normalized spacial score (nSPS) is 16.8. The van der Waals surface area contributed by atoms with E-state index >= 15 is 0 Å². The van der Waals surface area contributed by atoms with Crippen molar-refractivity contribution in [2.45, 2.75) is 25.6 Å². The average Bonchev–Trinajstić information content (AvgIpc) is 3.17. The number of carbonyl (C=O) groups excluding carboxylic acids is 1. The molecular weight excluding hydrogens is 419 g/mol. The summed E-state index contributed by atoms with van der Waals surface area (Å²) < 4.78 is 41.5. The molecule has 7 nitrogen and oxygen atoms in total. The first-order valence-corrected chi connectivity index (χ1v) is 9.86. The van der Waals surface area contributed by atoms with Crippen LogP contribution in [0.1, 0.15) is 28.4 Å². The van der Waals surface area contributed by atoms with E-state index in [9.17, 15) is 14.0 Å². The Hall–Kier alpha value is -3.81. The van der Waals surface area contributed by atoms with Crippen LogP contribution in [-0.2, 0) is 16.1 Å². The van der Waals surface area contributed by atoms with Crippen molar-refractivity contribution < 1.29 is 32.5 Å². The average molecular weight is 440 g/mol. The molecule has 166 valence electrons. The number of aryl methyl sites for hydroxylation is 1. The summed E-state index contributed by atoms with van der Waals surface area (Å²) in [4.78, 5) is 25.3. The van der Waals surface area contributed by atoms with Gasteiger partial charge in [0.1, 0.15) is 23.9 Å². The fourth-order valence-corrected chi connectivity index (χ4v) is 3.80. The van der Waals surface area contributed by atoms with Crippen LogP contribution in [0.15, 0.2) is 57.7 Å². The number of rotatable bonds is 6. The maximum Gasteiger partial charge on any atom is 0.348 e. The molecule has 4 rings (SSSR count). The SMILES string of the molecule is COC(=O)[C@@H]1Oc2cc(C)oc(=O)c2[C@H]1c1cccc(OC)c1OCc1ccccc1F. The molecule has 0 N–H and O–H groups in total. The number of benzene rings is 2. The summed E-state index contributed by atoms with van der Waals surface area (Å²) in [7, 11) is 2.70. The highest BCUT2D eigenvalue weighted by Crippen LogP contribution is 2.46. The minimum Gasteiger partial charge on any atom is -0.493 e. The first-order chi connectivity index (χ1) is 15.4. The Kier molecular flexibility index (Phi) is 5.85. The van der Waals surface area contributed by atoms with Crippen molar-refractivity contribution in [2.24, 2.45) is 0 Å². The Morgan fingerprint density at radius 1 is 1.12 bits per heavy atom. The molecule has 0 unspecified atom stereocenters. The molecule has 2 heterocycles. The lowest BCUT2D eigenvalue weighted by Crippen LogP contribution is -2.32. The van der Waals surface area contributed by atoms with E-state index in [1.54, 1.807) is 49.4 Å². The number of esters is 1. The molecule has 0 amide bonds. The molecule has 0 saturated carbocycles. The topological polar surface area (TPSA) is 84.2 Å². The minimum atomic E-state index is -1.14. The monoisotopic (exact) mass is 440 g/mol. The zero-order valence-corrected chi connectivity index (χ0v) is 17.7. The third-order valence-electron chi connectivity index (χ3n) is 5.27. The molecule has 1 aliphatic heterocycles. The van der Waals surface area contributed by atoms with Crippen molar-refractivity contribution in [1.29, 1.82) is 0 Å². The van der Waals surface area contributed by atoms with E-state index < -0.39 is 29.4 Å². The second-order valence-corrected chi connectivity index (χ2v) is 7.22. The van der Waals surface area contributed by atoms with Crippen LogP contribution < -0.4 is 19.8 Å². The smallest absolute Gasteiger partial charge is 0.348 e. The van der Waals surface area contributed by atoms with Crippen LogP contribution in [0.25, 0.3) is 0 Å². The van der Waals surface area contributed by atoms with E-state index in [-0.39, 0.29) is 23.7 Å². The Bertz CT molecular complexity index is 1220. The third kappa shape index (κ3) is 3.79. The standard InChI is InChI=1S/C24H21FO7/c1-13-11-18-20(23(26)31-13)19(22(32-18)24(27)29-3)15-8-6-10-17(28-2)21(15)30-12-14-7-4-5-9-16(14)25/h4-11,19,22H,12H2,1-3H3/t19-,22-/m1/s1. The Morgan fingerprint density at radius 3 is 2.62 bits per heavy atom. The van der Waals surface area contributed by atoms with Crippen molar-refractivity contribution in [1.82, 2.24) is 0 Å². The van der Waals surface area contributed by atoms with Crippen LogP contribution >= 0.6 is 0 Å². The molecule has 1 aromatic heterocycles. The Morgan fingerprint density at radius 2 is 1.91 bits per heavy atom. The highest BCUT2D eigenvalue weighted by atomic mass is 19.1. The van der Waals surface area contributed by atoms with Crippen LogP contribution in [0.5, 0.6) is 17.2 Å². The van der Waals surface area contributed by atoms with Crippen molar-refractivity contribution in [2.75, 3.05) is 14.2 Å². The maximum absolute atomic E-state index is 14.1. The number of fused-ring (bicyclic) bond motifs is 1. The van der Waals surface area contributed by atoms with Crippen molar-refractivity contribution >= 4 is 5.97 Å². The molecule has 3 aromatic rings. The van der Waals surface area contributed by atoms with Crippen LogP contribution in [-0.4, -0.2) is 26.3 Å². The van der Waals surface area contributed by atoms with Gasteiger partial charge in [-0.25, -0.2) is 14.0 Å². The van der Waals surface area contributed by atoms with Gasteiger partial charge >= 0.3 is 11.6 Å². The van der Waals surface area contributed by atoms with Gasteiger partial charge in [-0.05, 0) is 19.1 Å². The predicted octanol–water partition coefficient (Wildman–Crippen LogP) is 3.74. The summed E-state index contributed by atoms with van der Waals surface area (Å²) in [6.45, 7) is 1.52. The molecule has 1 aliphatic rings. The maximum atomic E-state index is 14.1. The van der Waals surface area contributed by atoms with Crippen molar-refractivity contribution in [3.63, 3.8) is 0 Å². The van der Waals surface area contributed by atoms with E-state index in [0.29, 0.717) is 22.6 Å². The number of para-hydroxylation sites is 1. The number of methoxy groups -OCH3 is 2. The molecule has 0 spiro atoms. The van der Waals surface area contributed by atoms with E-state index in [2.05, 4.69) is 0 Å². The predicted molar refractivity (Wildman–Crippen MR) is 112 cm³/mol. The van der Waals surface area contributed by atoms with Crippen molar-refractivity contribution in [3.05, 3.63) is 87.2 Å². The first-order valence-electron chi connectivity index (χ1n) is 9.86. The second kappa shape index (κ2) is 8.74. The van der Waals surface area contributed by atoms with Gasteiger partial charge in [0.05, 0.1) is 25.7 Å². The van der Waals surface area contributed by atoms with Gasteiger partial charge in [0.25, 0.3) is 0 Å². The summed E-state index contributed by atoms with van der Waals surface area (Å²) in [5.74, 6) is -0.754. The molecule has 0 bridgehead atoms. The first kappa shape index (κ1) is 21.4. The summed E-state index contributed by atoms with van der Waals surface area (Å²) in [6, 6.07) is 12.8. The van der Waals surface area contributed by atoms with Gasteiger partial charge in [0.15, 0.2) is 11.5 Å². The number of hydrogen-bond donors (Lipinski definition) is 0. The summed E-state index contributed by atoms with van der Waals surface area (Å²) in [5.41, 5.74) is 0.340. The largest absolute Gasteiger partial charge is 0.493 e. The molecule has 2 aromatic carbocycles. The van der Waals surface area contributed by atoms with Crippen LogP contribution in [0.4, 0.5) is 4.39 Å². The lowest BCUT2D eigenvalue weighted by molar-refractivity contribution is -0.148. The fraction of sp³-hybridized carbons (Fsp3) is 0.250. The van der Waals surface area contributed by atoms with Gasteiger partial charge in [-0.1, -0.05) is 30.3 Å². The molecule has 0 saturated heterocycles. The van der Waals surface area contributed by atoms with Crippen LogP contribution in [0.2, 0.25) is 0 Å². The van der Waals surface area contributed by atoms with Gasteiger partial charge in [0, 0.05) is 17.2 Å². The second-order valence-electron chi connectivity index (χ2n) is 7.22. The molecule has 32 heavy (non-hydrogen) atoms. The Labute approximate surface area is 183 Å². The quantitative estimate of drug-likeness (QED) is 0.540. The lowest BCUT2D eigenvalue weighted by Gasteiger charge is -2.21. The fourth-order valence-electron chi connectivity index (χ4n) is 3.80. The van der Waals surface area contributed by atoms with Gasteiger partial charge in [0.2, 0.25) is 6.10 Å². The highest BCUT2D eigenvalue weighted by Gasteiger charge is 2.45. The van der Waals surface area contributed by atoms with Crippen molar-refractivity contribution in [3.8, 4) is 17.2 Å². The van der Waals surface area contributed by atoms with Gasteiger partial charge in [-0.3, -0.25) is 0 Å². The zero-order valence-electron chi connectivity index (χ0n) is 17.7. The summed E-state index contributed by atoms with van der Waals surface area (Å²) in [6.07, 6.45) is -1.14. The molecule has 0 fully saturated rings. The van der Waals surface area contributed by atoms with Crippen LogP contribution in [0.3, 0.4) is 0 Å².